The first-order valence-corrected chi connectivity index (χ1v) is 9.32. The summed E-state index contributed by atoms with van der Waals surface area (Å²) in [4.78, 5) is 27.0. The van der Waals surface area contributed by atoms with Crippen LogP contribution in [0.5, 0.6) is 5.75 Å². The topological polar surface area (TPSA) is 67.9 Å². The summed E-state index contributed by atoms with van der Waals surface area (Å²) < 4.78 is 10.2. The zero-order chi connectivity index (χ0) is 20.1. The van der Waals surface area contributed by atoms with E-state index in [2.05, 4.69) is 16.3 Å². The molecule has 1 aliphatic heterocycles. The van der Waals surface area contributed by atoms with E-state index in [4.69, 9.17) is 9.47 Å². The first-order valence-electron chi connectivity index (χ1n) is 9.32. The molecular weight excluding hydrogens is 356 g/mol. The number of likely N-dealkylation sites (tertiary alicyclic amines) is 1. The van der Waals surface area contributed by atoms with Crippen LogP contribution in [0, 0.1) is 6.92 Å². The third kappa shape index (κ3) is 4.70. The van der Waals surface area contributed by atoms with E-state index in [-0.39, 0.29) is 24.0 Å². The van der Waals surface area contributed by atoms with Gasteiger partial charge >= 0.3 is 5.97 Å². The van der Waals surface area contributed by atoms with Crippen molar-refractivity contribution in [2.45, 2.75) is 32.0 Å². The zero-order valence-corrected chi connectivity index (χ0v) is 16.5. The van der Waals surface area contributed by atoms with E-state index in [1.165, 1.54) is 12.7 Å². The van der Waals surface area contributed by atoms with Gasteiger partial charge in [0, 0.05) is 24.7 Å². The van der Waals surface area contributed by atoms with E-state index in [9.17, 15) is 9.59 Å². The molecule has 6 nitrogen and oxygen atoms in total. The highest BCUT2D eigenvalue weighted by Gasteiger charge is 2.38. The third-order valence-corrected chi connectivity index (χ3v) is 5.01. The standard InChI is InChI=1S/C22H26N2O4/c1-15-6-4-7-16(10-15)13-24-14-18(12-20(24)22(26)28-3)23-21(25)17-8-5-9-19(11-17)27-2/h4-11,18,20H,12-14H2,1-3H3,(H,23,25)/t18-,20-/m0/s1. The predicted molar refractivity (Wildman–Crippen MR) is 106 cm³/mol. The second-order valence-corrected chi connectivity index (χ2v) is 7.10. The van der Waals surface area contributed by atoms with Gasteiger partial charge in [0.2, 0.25) is 0 Å². The Labute approximate surface area is 165 Å². The van der Waals surface area contributed by atoms with Crippen molar-refractivity contribution in [1.29, 1.82) is 0 Å². The van der Waals surface area contributed by atoms with Gasteiger partial charge < -0.3 is 14.8 Å². The van der Waals surface area contributed by atoms with E-state index < -0.39 is 0 Å². The first kappa shape index (κ1) is 19.9. The minimum Gasteiger partial charge on any atom is -0.497 e. The number of nitrogens with zero attached hydrogens (tertiary/aromatic N) is 1. The Morgan fingerprint density at radius 3 is 2.64 bits per heavy atom. The SMILES string of the molecule is COC(=O)[C@@H]1C[C@H](NC(=O)c2cccc(OC)c2)CN1Cc1cccc(C)c1. The summed E-state index contributed by atoms with van der Waals surface area (Å²) in [7, 11) is 2.97. The highest BCUT2D eigenvalue weighted by molar-refractivity contribution is 5.94. The van der Waals surface area contributed by atoms with E-state index >= 15 is 0 Å². The summed E-state index contributed by atoms with van der Waals surface area (Å²) in [5, 5.41) is 3.04. The minimum absolute atomic E-state index is 0.132. The lowest BCUT2D eigenvalue weighted by Crippen LogP contribution is -2.37. The highest BCUT2D eigenvalue weighted by atomic mass is 16.5. The van der Waals surface area contributed by atoms with Gasteiger partial charge in [-0.2, -0.15) is 0 Å². The summed E-state index contributed by atoms with van der Waals surface area (Å²) >= 11 is 0. The molecule has 0 saturated carbocycles. The fourth-order valence-electron chi connectivity index (χ4n) is 3.64. The maximum Gasteiger partial charge on any atom is 0.323 e. The lowest BCUT2D eigenvalue weighted by atomic mass is 10.1. The van der Waals surface area contributed by atoms with Gasteiger partial charge in [0.25, 0.3) is 5.91 Å². The van der Waals surface area contributed by atoms with Crippen LogP contribution in [0.1, 0.15) is 27.9 Å². The van der Waals surface area contributed by atoms with E-state index in [1.54, 1.807) is 31.4 Å². The smallest absolute Gasteiger partial charge is 0.323 e. The van der Waals surface area contributed by atoms with Gasteiger partial charge in [0.1, 0.15) is 11.8 Å². The van der Waals surface area contributed by atoms with Gasteiger partial charge in [0.15, 0.2) is 0 Å². The molecule has 1 saturated heterocycles. The normalized spacial score (nSPS) is 19.2. The lowest BCUT2D eigenvalue weighted by Gasteiger charge is -2.22. The second-order valence-electron chi connectivity index (χ2n) is 7.10. The number of aryl methyl sites for hydroxylation is 1. The molecule has 2 atom stereocenters. The van der Waals surface area contributed by atoms with E-state index in [0.717, 1.165) is 5.56 Å². The van der Waals surface area contributed by atoms with Crippen molar-refractivity contribution in [2.75, 3.05) is 20.8 Å². The summed E-state index contributed by atoms with van der Waals surface area (Å²) in [6, 6.07) is 14.7. The Kier molecular flexibility index (Phi) is 6.31. The number of hydrogen-bond acceptors (Lipinski definition) is 5. The first-order chi connectivity index (χ1) is 13.5. The van der Waals surface area contributed by atoms with E-state index in [1.807, 2.05) is 25.1 Å². The lowest BCUT2D eigenvalue weighted by molar-refractivity contribution is -0.146. The van der Waals surface area contributed by atoms with Crippen molar-refractivity contribution >= 4 is 11.9 Å². The number of nitrogens with one attached hydrogen (secondary N) is 1. The third-order valence-electron chi connectivity index (χ3n) is 5.01. The fourth-order valence-corrected chi connectivity index (χ4v) is 3.64. The molecule has 0 aliphatic carbocycles. The molecule has 28 heavy (non-hydrogen) atoms. The zero-order valence-electron chi connectivity index (χ0n) is 16.5. The van der Waals surface area contributed by atoms with Gasteiger partial charge in [-0.1, -0.05) is 35.9 Å². The van der Waals surface area contributed by atoms with Crippen LogP contribution in [0.15, 0.2) is 48.5 Å². The van der Waals surface area contributed by atoms with Crippen LogP contribution in [0.2, 0.25) is 0 Å². The number of methoxy groups -OCH3 is 2. The molecule has 1 heterocycles. The summed E-state index contributed by atoms with van der Waals surface area (Å²) in [5.41, 5.74) is 2.84. The Bertz CT molecular complexity index is 852. The van der Waals surface area contributed by atoms with Crippen LogP contribution in [0.25, 0.3) is 0 Å². The molecule has 1 amide bonds. The molecule has 0 unspecified atom stereocenters. The van der Waals surface area contributed by atoms with Gasteiger partial charge in [0.05, 0.1) is 14.2 Å². The fraction of sp³-hybridized carbons (Fsp3) is 0.364. The van der Waals surface area contributed by atoms with Crippen LogP contribution in [-0.4, -0.2) is 49.6 Å². The van der Waals surface area contributed by atoms with Crippen LogP contribution < -0.4 is 10.1 Å². The number of esters is 1. The Balaban J connectivity index is 1.70. The predicted octanol–water partition coefficient (Wildman–Crippen LogP) is 2.55. The number of benzene rings is 2. The molecule has 1 aliphatic rings. The number of amides is 1. The Morgan fingerprint density at radius 2 is 1.93 bits per heavy atom. The van der Waals surface area contributed by atoms with Crippen LogP contribution in [0.4, 0.5) is 0 Å². The maximum absolute atomic E-state index is 12.6. The van der Waals surface area contributed by atoms with Crippen molar-refractivity contribution in [2.24, 2.45) is 0 Å². The quantitative estimate of drug-likeness (QED) is 0.778. The number of carbonyl (C=O) groups is 2. The largest absolute Gasteiger partial charge is 0.497 e. The van der Waals surface area contributed by atoms with Crippen molar-refractivity contribution in [3.8, 4) is 5.75 Å². The van der Waals surface area contributed by atoms with Crippen LogP contribution >= 0.6 is 0 Å². The van der Waals surface area contributed by atoms with Crippen molar-refractivity contribution in [3.63, 3.8) is 0 Å². The van der Waals surface area contributed by atoms with Crippen molar-refractivity contribution in [1.82, 2.24) is 10.2 Å². The molecule has 1 fully saturated rings. The summed E-state index contributed by atoms with van der Waals surface area (Å²) in [6.45, 7) is 3.26. The molecule has 0 spiro atoms. The average Bonchev–Trinajstić information content (AvgIpc) is 3.09. The number of hydrogen-bond donors (Lipinski definition) is 1. The molecular formula is C22H26N2O4. The van der Waals surface area contributed by atoms with Gasteiger partial charge in [-0.05, 0) is 37.1 Å². The minimum atomic E-state index is -0.374. The number of ether oxygens (including phenoxy) is 2. The van der Waals surface area contributed by atoms with Crippen molar-refractivity contribution in [3.05, 3.63) is 65.2 Å². The molecule has 1 N–H and O–H groups in total. The molecule has 0 radical (unpaired) electrons. The molecule has 0 aromatic heterocycles. The van der Waals surface area contributed by atoms with Crippen LogP contribution in [0.3, 0.4) is 0 Å². The molecule has 2 aromatic carbocycles. The molecule has 148 valence electrons. The molecule has 6 heteroatoms. The second kappa shape index (κ2) is 8.89. The highest BCUT2D eigenvalue weighted by Crippen LogP contribution is 2.23. The van der Waals surface area contributed by atoms with Crippen LogP contribution in [-0.2, 0) is 16.1 Å². The number of rotatable bonds is 6. The van der Waals surface area contributed by atoms with Gasteiger partial charge in [-0.15, -0.1) is 0 Å². The summed E-state index contributed by atoms with van der Waals surface area (Å²) in [6.07, 6.45) is 0.522. The van der Waals surface area contributed by atoms with Crippen molar-refractivity contribution < 1.29 is 19.1 Å². The maximum atomic E-state index is 12.6. The van der Waals surface area contributed by atoms with Gasteiger partial charge in [-0.25, -0.2) is 0 Å². The monoisotopic (exact) mass is 382 g/mol. The molecule has 3 rings (SSSR count). The van der Waals surface area contributed by atoms with Gasteiger partial charge in [-0.3, -0.25) is 14.5 Å². The average molecular weight is 382 g/mol. The number of carbonyl (C=O) groups excluding carboxylic acids is 2. The molecule has 2 aromatic rings. The summed E-state index contributed by atoms with van der Waals surface area (Å²) in [5.74, 6) is 0.184. The Hall–Kier alpha value is -2.86. The van der Waals surface area contributed by atoms with E-state index in [0.29, 0.717) is 30.8 Å². The Morgan fingerprint density at radius 1 is 1.14 bits per heavy atom. The molecule has 0 bridgehead atoms.